The van der Waals surface area contributed by atoms with Gasteiger partial charge in [-0.05, 0) is 69.2 Å². The van der Waals surface area contributed by atoms with E-state index < -0.39 is 6.61 Å². The van der Waals surface area contributed by atoms with Gasteiger partial charge in [0.2, 0.25) is 0 Å². The molecule has 0 radical (unpaired) electrons. The van der Waals surface area contributed by atoms with E-state index in [2.05, 4.69) is 27.2 Å². The molecule has 24 heavy (non-hydrogen) atoms. The van der Waals surface area contributed by atoms with Crippen molar-refractivity contribution in [3.8, 4) is 5.75 Å². The molecule has 1 aromatic carbocycles. The van der Waals surface area contributed by atoms with Crippen molar-refractivity contribution in [3.05, 3.63) is 24.3 Å². The lowest BCUT2D eigenvalue weighted by Crippen LogP contribution is -2.39. The third kappa shape index (κ3) is 6.57. The molecule has 2 rings (SSSR count). The molecule has 134 valence electrons. The van der Waals surface area contributed by atoms with E-state index in [4.69, 9.17) is 12.2 Å². The number of thiocarbonyl (C=S) groups is 1. The van der Waals surface area contributed by atoms with Gasteiger partial charge in [-0.2, -0.15) is 8.78 Å². The first-order valence-electron chi connectivity index (χ1n) is 8.38. The first-order chi connectivity index (χ1) is 11.5. The maximum atomic E-state index is 12.1. The van der Waals surface area contributed by atoms with E-state index in [1.54, 1.807) is 12.1 Å². The van der Waals surface area contributed by atoms with Crippen LogP contribution in [0.3, 0.4) is 0 Å². The van der Waals surface area contributed by atoms with Crippen molar-refractivity contribution in [2.75, 3.05) is 25.0 Å². The molecule has 0 unspecified atom stereocenters. The number of nitrogens with zero attached hydrogens (tertiary/aromatic N) is 1. The van der Waals surface area contributed by atoms with Crippen LogP contribution in [-0.4, -0.2) is 42.3 Å². The molecular weight excluding hydrogens is 332 g/mol. The Labute approximate surface area is 147 Å². The number of ether oxygens (including phenoxy) is 1. The summed E-state index contributed by atoms with van der Waals surface area (Å²) in [5.41, 5.74) is 0.735. The highest BCUT2D eigenvalue weighted by Gasteiger charge is 2.17. The maximum Gasteiger partial charge on any atom is 0.387 e. The van der Waals surface area contributed by atoms with Gasteiger partial charge in [0.25, 0.3) is 0 Å². The van der Waals surface area contributed by atoms with Crippen LogP contribution in [0.4, 0.5) is 14.5 Å². The number of hydrogen-bond acceptors (Lipinski definition) is 3. The lowest BCUT2D eigenvalue weighted by Gasteiger charge is -2.33. The molecule has 1 saturated heterocycles. The molecule has 0 aromatic heterocycles. The van der Waals surface area contributed by atoms with Gasteiger partial charge in [0, 0.05) is 24.8 Å². The van der Waals surface area contributed by atoms with Crippen molar-refractivity contribution in [1.29, 1.82) is 0 Å². The molecule has 1 atom stereocenters. The molecule has 0 bridgehead atoms. The summed E-state index contributed by atoms with van der Waals surface area (Å²) in [6.45, 7) is 2.56. The first kappa shape index (κ1) is 18.9. The summed E-state index contributed by atoms with van der Waals surface area (Å²) >= 11 is 5.24. The second-order valence-electron chi connectivity index (χ2n) is 6.02. The molecule has 1 aliphatic rings. The Bertz CT molecular complexity index is 513. The van der Waals surface area contributed by atoms with Crippen molar-refractivity contribution in [2.24, 2.45) is 0 Å². The molecular formula is C17H25F2N3OS. The Morgan fingerprint density at radius 1 is 1.33 bits per heavy atom. The number of anilines is 1. The van der Waals surface area contributed by atoms with E-state index in [1.165, 1.54) is 37.9 Å². The third-order valence-corrected chi connectivity index (χ3v) is 4.43. The van der Waals surface area contributed by atoms with Crippen LogP contribution < -0.4 is 15.4 Å². The summed E-state index contributed by atoms with van der Waals surface area (Å²) in [6.07, 6.45) is 4.96. The highest BCUT2D eigenvalue weighted by Crippen LogP contribution is 2.18. The second kappa shape index (κ2) is 9.74. The highest BCUT2D eigenvalue weighted by atomic mass is 32.1. The molecule has 1 heterocycles. The number of likely N-dealkylation sites (tertiary alicyclic amines) is 1. The van der Waals surface area contributed by atoms with Gasteiger partial charge >= 0.3 is 6.61 Å². The fourth-order valence-electron chi connectivity index (χ4n) is 2.87. The van der Waals surface area contributed by atoms with Gasteiger partial charge in [-0.1, -0.05) is 6.42 Å². The monoisotopic (exact) mass is 357 g/mol. The fourth-order valence-corrected chi connectivity index (χ4v) is 3.09. The number of halogens is 2. The Balaban J connectivity index is 1.64. The average molecular weight is 357 g/mol. The minimum Gasteiger partial charge on any atom is -0.435 e. The first-order valence-corrected chi connectivity index (χ1v) is 8.79. The van der Waals surface area contributed by atoms with E-state index in [0.29, 0.717) is 11.2 Å². The standard InChI is InChI=1S/C17H25F2N3OS/c1-13-5-2-3-11-22(13)12-4-10-20-17(24)21-14-6-8-15(9-7-14)23-16(18)19/h6-9,13,16H,2-5,10-12H2,1H3,(H2,20,21,24)/t13-/m0/s1. The summed E-state index contributed by atoms with van der Waals surface area (Å²) < 4.78 is 28.5. The van der Waals surface area contributed by atoms with E-state index in [0.717, 1.165) is 25.2 Å². The third-order valence-electron chi connectivity index (χ3n) is 4.19. The minimum atomic E-state index is -2.81. The molecule has 0 amide bonds. The van der Waals surface area contributed by atoms with Crippen LogP contribution in [0.5, 0.6) is 5.75 Å². The zero-order valence-corrected chi connectivity index (χ0v) is 14.7. The van der Waals surface area contributed by atoms with Crippen molar-refractivity contribution in [3.63, 3.8) is 0 Å². The predicted molar refractivity (Wildman–Crippen MR) is 96.8 cm³/mol. The highest BCUT2D eigenvalue weighted by molar-refractivity contribution is 7.80. The number of piperidine rings is 1. The number of alkyl halides is 2. The fraction of sp³-hybridized carbons (Fsp3) is 0.588. The van der Waals surface area contributed by atoms with Gasteiger partial charge in [-0.25, -0.2) is 0 Å². The van der Waals surface area contributed by atoms with Crippen LogP contribution in [0, 0.1) is 0 Å². The summed E-state index contributed by atoms with van der Waals surface area (Å²) in [4.78, 5) is 2.53. The topological polar surface area (TPSA) is 36.5 Å². The summed E-state index contributed by atoms with van der Waals surface area (Å²) in [6, 6.07) is 6.95. The Kier molecular flexibility index (Phi) is 7.65. The van der Waals surface area contributed by atoms with Gasteiger partial charge in [0.15, 0.2) is 5.11 Å². The van der Waals surface area contributed by atoms with Gasteiger partial charge in [-0.3, -0.25) is 0 Å². The van der Waals surface area contributed by atoms with Crippen LogP contribution in [0.15, 0.2) is 24.3 Å². The number of nitrogens with one attached hydrogen (secondary N) is 2. The molecule has 1 fully saturated rings. The zero-order valence-electron chi connectivity index (χ0n) is 13.9. The molecule has 0 spiro atoms. The average Bonchev–Trinajstić information content (AvgIpc) is 2.54. The summed E-state index contributed by atoms with van der Waals surface area (Å²) in [7, 11) is 0. The largest absolute Gasteiger partial charge is 0.435 e. The maximum absolute atomic E-state index is 12.1. The number of hydrogen-bond donors (Lipinski definition) is 2. The Morgan fingerprint density at radius 3 is 2.75 bits per heavy atom. The van der Waals surface area contributed by atoms with Crippen LogP contribution in [-0.2, 0) is 0 Å². The van der Waals surface area contributed by atoms with Crippen molar-refractivity contribution in [1.82, 2.24) is 10.2 Å². The number of rotatable bonds is 7. The zero-order chi connectivity index (χ0) is 17.4. The van der Waals surface area contributed by atoms with Crippen LogP contribution in [0.1, 0.15) is 32.6 Å². The molecule has 1 aliphatic heterocycles. The molecule has 4 nitrogen and oxygen atoms in total. The molecule has 2 N–H and O–H groups in total. The quantitative estimate of drug-likeness (QED) is 0.573. The van der Waals surface area contributed by atoms with Crippen molar-refractivity contribution < 1.29 is 13.5 Å². The lowest BCUT2D eigenvalue weighted by molar-refractivity contribution is -0.0498. The van der Waals surface area contributed by atoms with Gasteiger partial charge in [0.05, 0.1) is 0 Å². The second-order valence-corrected chi connectivity index (χ2v) is 6.43. The van der Waals surface area contributed by atoms with Gasteiger partial charge < -0.3 is 20.3 Å². The van der Waals surface area contributed by atoms with Crippen LogP contribution >= 0.6 is 12.2 Å². The lowest BCUT2D eigenvalue weighted by atomic mass is 10.0. The number of benzene rings is 1. The normalized spacial score (nSPS) is 18.4. The van der Waals surface area contributed by atoms with E-state index in [1.807, 2.05) is 0 Å². The van der Waals surface area contributed by atoms with Gasteiger partial charge in [0.1, 0.15) is 5.75 Å². The van der Waals surface area contributed by atoms with Gasteiger partial charge in [-0.15, -0.1) is 0 Å². The minimum absolute atomic E-state index is 0.130. The van der Waals surface area contributed by atoms with Crippen LogP contribution in [0.25, 0.3) is 0 Å². The Hall–Kier alpha value is -1.47. The van der Waals surface area contributed by atoms with E-state index >= 15 is 0 Å². The molecule has 1 aromatic rings. The van der Waals surface area contributed by atoms with Crippen molar-refractivity contribution in [2.45, 2.75) is 45.3 Å². The van der Waals surface area contributed by atoms with Crippen LogP contribution in [0.2, 0.25) is 0 Å². The smallest absolute Gasteiger partial charge is 0.387 e. The molecule has 0 saturated carbocycles. The predicted octanol–water partition coefficient (Wildman–Crippen LogP) is 3.84. The molecule has 7 heteroatoms. The molecule has 0 aliphatic carbocycles. The SMILES string of the molecule is C[C@H]1CCCCN1CCCNC(=S)Nc1ccc(OC(F)F)cc1. The Morgan fingerprint density at radius 2 is 2.08 bits per heavy atom. The van der Waals surface area contributed by atoms with E-state index in [9.17, 15) is 8.78 Å². The summed E-state index contributed by atoms with van der Waals surface area (Å²) in [5, 5.41) is 6.74. The van der Waals surface area contributed by atoms with E-state index in [-0.39, 0.29) is 5.75 Å². The van der Waals surface area contributed by atoms with Crippen molar-refractivity contribution >= 4 is 23.0 Å². The summed E-state index contributed by atoms with van der Waals surface area (Å²) in [5.74, 6) is 0.130.